The summed E-state index contributed by atoms with van der Waals surface area (Å²) in [5, 5.41) is 3.06. The van der Waals surface area contributed by atoms with Crippen molar-refractivity contribution < 1.29 is 14.3 Å². The second kappa shape index (κ2) is 9.84. The zero-order chi connectivity index (χ0) is 23.6. The lowest BCUT2D eigenvalue weighted by Crippen LogP contribution is -2.57. The maximum atomic E-state index is 12.7. The van der Waals surface area contributed by atoms with E-state index >= 15 is 0 Å². The average molecular weight is 469 g/mol. The molecule has 1 N–H and O–H groups in total. The van der Waals surface area contributed by atoms with E-state index in [0.717, 1.165) is 32.6 Å². The summed E-state index contributed by atoms with van der Waals surface area (Å²) in [6.07, 6.45) is 1.75. The maximum absolute atomic E-state index is 12.7. The first-order chi connectivity index (χ1) is 17.3. The molecule has 1 amide bonds. The molecule has 0 radical (unpaired) electrons. The van der Waals surface area contributed by atoms with Gasteiger partial charge in [0, 0.05) is 31.1 Å². The first-order valence-corrected chi connectivity index (χ1v) is 12.7. The summed E-state index contributed by atoms with van der Waals surface area (Å²) in [6.45, 7) is 3.51. The van der Waals surface area contributed by atoms with Crippen LogP contribution >= 0.6 is 0 Å². The Bertz CT molecular complexity index is 1120. The molecule has 2 aliphatic heterocycles. The van der Waals surface area contributed by atoms with Gasteiger partial charge in [0.05, 0.1) is 13.2 Å². The summed E-state index contributed by atoms with van der Waals surface area (Å²) in [5.74, 6) is 0.535. The molecule has 2 saturated heterocycles. The lowest BCUT2D eigenvalue weighted by atomic mass is 9.84. The van der Waals surface area contributed by atoms with Gasteiger partial charge >= 0.3 is 6.09 Å². The van der Waals surface area contributed by atoms with Crippen LogP contribution in [0.2, 0.25) is 0 Å². The molecule has 0 aromatic heterocycles. The molecule has 5 nitrogen and oxygen atoms in total. The van der Waals surface area contributed by atoms with Crippen molar-refractivity contribution >= 4 is 6.09 Å². The van der Waals surface area contributed by atoms with E-state index in [0.29, 0.717) is 31.2 Å². The van der Waals surface area contributed by atoms with E-state index in [2.05, 4.69) is 89.1 Å². The number of nitrogens with one attached hydrogen (secondary N) is 1. The average Bonchev–Trinajstić information content (AvgIpc) is 3.21. The fourth-order valence-electron chi connectivity index (χ4n) is 6.20. The fraction of sp³-hybridized carbons (Fsp3) is 0.367. The van der Waals surface area contributed by atoms with E-state index in [-0.39, 0.29) is 12.0 Å². The van der Waals surface area contributed by atoms with E-state index in [4.69, 9.17) is 9.47 Å². The standard InChI is InChI=1S/C30H32N2O3/c33-30(35-20-29-27-12-6-4-10-25(27)26-11-5-7-13-28(26)29)31-16-22-14-23-18-34-19-24(15-22)32(23)17-21-8-2-1-3-9-21/h1-13,22-24,29H,14-20H2,(H,31,33). The molecule has 1 aliphatic carbocycles. The molecule has 0 spiro atoms. The number of ether oxygens (including phenoxy) is 2. The van der Waals surface area contributed by atoms with E-state index in [1.165, 1.54) is 27.8 Å². The summed E-state index contributed by atoms with van der Waals surface area (Å²) in [4.78, 5) is 15.2. The van der Waals surface area contributed by atoms with Crippen LogP contribution in [0.5, 0.6) is 0 Å². The Balaban J connectivity index is 1.03. The summed E-state index contributed by atoms with van der Waals surface area (Å²) < 4.78 is 11.6. The van der Waals surface area contributed by atoms with Crippen molar-refractivity contribution in [1.82, 2.24) is 10.2 Å². The van der Waals surface area contributed by atoms with Gasteiger partial charge in [0.1, 0.15) is 6.61 Å². The van der Waals surface area contributed by atoms with Crippen molar-refractivity contribution in [2.24, 2.45) is 5.92 Å². The molecule has 3 aromatic rings. The Hall–Kier alpha value is -3.15. The predicted octanol–water partition coefficient (Wildman–Crippen LogP) is 5.20. The van der Waals surface area contributed by atoms with Crippen LogP contribution in [-0.4, -0.2) is 49.4 Å². The van der Waals surface area contributed by atoms with Crippen LogP contribution in [0, 0.1) is 5.92 Å². The van der Waals surface area contributed by atoms with Gasteiger partial charge in [-0.15, -0.1) is 0 Å². The molecule has 2 bridgehead atoms. The molecular weight excluding hydrogens is 436 g/mol. The van der Waals surface area contributed by atoms with Crippen molar-refractivity contribution in [3.05, 3.63) is 95.6 Å². The van der Waals surface area contributed by atoms with E-state index in [1.54, 1.807) is 0 Å². The number of fused-ring (bicyclic) bond motifs is 5. The monoisotopic (exact) mass is 468 g/mol. The Kier molecular flexibility index (Phi) is 6.28. The molecule has 2 fully saturated rings. The van der Waals surface area contributed by atoms with Gasteiger partial charge in [0.15, 0.2) is 0 Å². The lowest BCUT2D eigenvalue weighted by Gasteiger charge is -2.48. The third-order valence-corrected chi connectivity index (χ3v) is 7.86. The number of carbonyl (C=O) groups excluding carboxylic acids is 1. The minimum Gasteiger partial charge on any atom is -0.449 e. The molecule has 5 heteroatoms. The van der Waals surface area contributed by atoms with Gasteiger partial charge in [-0.1, -0.05) is 78.9 Å². The number of hydrogen-bond acceptors (Lipinski definition) is 4. The van der Waals surface area contributed by atoms with Crippen LogP contribution < -0.4 is 5.32 Å². The summed E-state index contributed by atoms with van der Waals surface area (Å²) >= 11 is 0. The molecule has 2 unspecified atom stereocenters. The first kappa shape index (κ1) is 22.3. The van der Waals surface area contributed by atoms with E-state index < -0.39 is 0 Å². The van der Waals surface area contributed by atoms with Crippen molar-refractivity contribution in [1.29, 1.82) is 0 Å². The SMILES string of the molecule is O=C(NCC1CC2COCC(C1)N2Cc1ccccc1)OCC1c2ccccc2-c2ccccc21. The van der Waals surface area contributed by atoms with Crippen LogP contribution in [0.4, 0.5) is 4.79 Å². The normalized spacial score (nSPS) is 23.4. The highest BCUT2D eigenvalue weighted by Crippen LogP contribution is 2.44. The largest absolute Gasteiger partial charge is 0.449 e. The molecule has 3 aliphatic rings. The van der Waals surface area contributed by atoms with Gasteiger partial charge < -0.3 is 14.8 Å². The second-order valence-corrected chi connectivity index (χ2v) is 10.0. The maximum Gasteiger partial charge on any atom is 0.407 e. The number of piperidine rings is 1. The van der Waals surface area contributed by atoms with Crippen LogP contribution in [0.1, 0.15) is 35.4 Å². The molecule has 6 rings (SSSR count). The Morgan fingerprint density at radius 2 is 1.46 bits per heavy atom. The van der Waals surface area contributed by atoms with E-state index in [9.17, 15) is 4.79 Å². The fourth-order valence-corrected chi connectivity index (χ4v) is 6.20. The molecule has 2 atom stereocenters. The van der Waals surface area contributed by atoms with Gasteiger partial charge in [-0.25, -0.2) is 4.79 Å². The molecule has 2 heterocycles. The number of nitrogens with zero attached hydrogens (tertiary/aromatic N) is 1. The molecule has 180 valence electrons. The van der Waals surface area contributed by atoms with Gasteiger partial charge in [-0.05, 0) is 46.6 Å². The highest BCUT2D eigenvalue weighted by Gasteiger charge is 2.39. The minimum absolute atomic E-state index is 0.0888. The zero-order valence-corrected chi connectivity index (χ0v) is 19.9. The van der Waals surface area contributed by atoms with Gasteiger partial charge in [-0.3, -0.25) is 4.90 Å². The zero-order valence-electron chi connectivity index (χ0n) is 19.9. The topological polar surface area (TPSA) is 50.8 Å². The Morgan fingerprint density at radius 1 is 0.857 bits per heavy atom. The number of rotatable bonds is 6. The third kappa shape index (κ3) is 4.58. The summed E-state index contributed by atoms with van der Waals surface area (Å²) in [5.41, 5.74) is 6.31. The lowest BCUT2D eigenvalue weighted by molar-refractivity contribution is -0.0913. The minimum atomic E-state index is -0.319. The van der Waals surface area contributed by atoms with Gasteiger partial charge in [-0.2, -0.15) is 0 Å². The molecule has 3 aromatic carbocycles. The van der Waals surface area contributed by atoms with Crippen molar-refractivity contribution in [2.45, 2.75) is 37.4 Å². The van der Waals surface area contributed by atoms with Gasteiger partial charge in [0.25, 0.3) is 0 Å². The molecular formula is C30H32N2O3. The predicted molar refractivity (Wildman–Crippen MR) is 136 cm³/mol. The van der Waals surface area contributed by atoms with E-state index in [1.807, 2.05) is 0 Å². The number of morpholine rings is 1. The smallest absolute Gasteiger partial charge is 0.407 e. The summed E-state index contributed by atoms with van der Waals surface area (Å²) in [7, 11) is 0. The number of amides is 1. The number of carbonyl (C=O) groups is 1. The van der Waals surface area contributed by atoms with Crippen molar-refractivity contribution in [3.8, 4) is 11.1 Å². The van der Waals surface area contributed by atoms with Gasteiger partial charge in [0.2, 0.25) is 0 Å². The molecule has 0 saturated carbocycles. The quantitative estimate of drug-likeness (QED) is 0.540. The third-order valence-electron chi connectivity index (χ3n) is 7.86. The number of hydrogen-bond donors (Lipinski definition) is 1. The highest BCUT2D eigenvalue weighted by molar-refractivity contribution is 5.79. The highest BCUT2D eigenvalue weighted by atomic mass is 16.5. The summed E-state index contributed by atoms with van der Waals surface area (Å²) in [6, 6.07) is 28.3. The first-order valence-electron chi connectivity index (χ1n) is 12.7. The number of alkyl carbamates (subject to hydrolysis) is 1. The Morgan fingerprint density at radius 3 is 2.11 bits per heavy atom. The van der Waals surface area contributed by atoms with Crippen LogP contribution in [0.3, 0.4) is 0 Å². The number of benzene rings is 3. The van der Waals surface area contributed by atoms with Crippen molar-refractivity contribution in [2.75, 3.05) is 26.4 Å². The Labute approximate surface area is 207 Å². The van der Waals surface area contributed by atoms with Crippen LogP contribution in [-0.2, 0) is 16.0 Å². The molecule has 35 heavy (non-hydrogen) atoms. The van der Waals surface area contributed by atoms with Crippen molar-refractivity contribution in [3.63, 3.8) is 0 Å². The van der Waals surface area contributed by atoms with Crippen LogP contribution in [0.25, 0.3) is 11.1 Å². The second-order valence-electron chi connectivity index (χ2n) is 10.0. The van der Waals surface area contributed by atoms with Crippen LogP contribution in [0.15, 0.2) is 78.9 Å².